The molecule has 0 heterocycles. The van der Waals surface area contributed by atoms with Crippen molar-refractivity contribution in [3.05, 3.63) is 6.92 Å². The second kappa shape index (κ2) is 5.53. The van der Waals surface area contributed by atoms with Crippen molar-refractivity contribution in [1.82, 2.24) is 10.9 Å². The van der Waals surface area contributed by atoms with Crippen LogP contribution in [0.1, 0.15) is 6.42 Å². The predicted octanol–water partition coefficient (Wildman–Crippen LogP) is -0.611. The molecule has 0 aromatic carbocycles. The molecule has 0 aromatic rings. The standard InChI is InChI=1S/C5H11N2O2/c1-2-3-6-7-4-5(8)9/h6-7H,1-4H2,(H,8,9). The number of hydrogen-bond acceptors (Lipinski definition) is 3. The third kappa shape index (κ3) is 7.39. The average Bonchev–Trinajstić information content (AvgIpc) is 1.80. The lowest BCUT2D eigenvalue weighted by Gasteiger charge is -2.00. The summed E-state index contributed by atoms with van der Waals surface area (Å²) in [6.07, 6.45) is 0.743. The number of carboxylic acids is 1. The molecular weight excluding hydrogens is 120 g/mol. The minimum Gasteiger partial charge on any atom is -0.480 e. The Morgan fingerprint density at radius 2 is 2.22 bits per heavy atom. The summed E-state index contributed by atoms with van der Waals surface area (Å²) < 4.78 is 0. The second-order valence-electron chi connectivity index (χ2n) is 1.53. The van der Waals surface area contributed by atoms with Crippen LogP contribution in [0.15, 0.2) is 0 Å². The third-order valence-corrected chi connectivity index (χ3v) is 0.666. The second-order valence-corrected chi connectivity index (χ2v) is 1.53. The van der Waals surface area contributed by atoms with Crippen molar-refractivity contribution in [2.75, 3.05) is 13.1 Å². The number of carboxylic acid groups (broad SMARTS) is 1. The summed E-state index contributed by atoms with van der Waals surface area (Å²) in [7, 11) is 0. The zero-order chi connectivity index (χ0) is 7.11. The Labute approximate surface area is 54.2 Å². The molecule has 1 radical (unpaired) electrons. The summed E-state index contributed by atoms with van der Waals surface area (Å²) in [5.41, 5.74) is 5.17. The van der Waals surface area contributed by atoms with Crippen LogP contribution in [0.25, 0.3) is 0 Å². The van der Waals surface area contributed by atoms with Crippen molar-refractivity contribution < 1.29 is 9.90 Å². The van der Waals surface area contributed by atoms with E-state index in [0.717, 1.165) is 6.42 Å². The highest BCUT2D eigenvalue weighted by molar-refractivity contribution is 5.68. The molecule has 0 bridgehead atoms. The lowest BCUT2D eigenvalue weighted by Crippen LogP contribution is -2.36. The van der Waals surface area contributed by atoms with Crippen LogP contribution < -0.4 is 10.9 Å². The Morgan fingerprint density at radius 1 is 1.56 bits per heavy atom. The minimum atomic E-state index is -0.869. The van der Waals surface area contributed by atoms with Gasteiger partial charge >= 0.3 is 5.97 Å². The first kappa shape index (κ1) is 8.39. The van der Waals surface area contributed by atoms with Crippen molar-refractivity contribution >= 4 is 5.97 Å². The van der Waals surface area contributed by atoms with Gasteiger partial charge in [-0.25, -0.2) is 5.43 Å². The summed E-state index contributed by atoms with van der Waals surface area (Å²) in [4.78, 5) is 9.84. The normalized spacial score (nSPS) is 9.44. The molecule has 0 aliphatic carbocycles. The van der Waals surface area contributed by atoms with Gasteiger partial charge in [-0.1, -0.05) is 6.92 Å². The van der Waals surface area contributed by atoms with Gasteiger partial charge < -0.3 is 5.11 Å². The van der Waals surface area contributed by atoms with Crippen LogP contribution in [-0.2, 0) is 4.79 Å². The van der Waals surface area contributed by atoms with Gasteiger partial charge in [0, 0.05) is 6.54 Å². The van der Waals surface area contributed by atoms with E-state index in [1.807, 2.05) is 0 Å². The van der Waals surface area contributed by atoms with Crippen molar-refractivity contribution in [1.29, 1.82) is 0 Å². The highest BCUT2D eigenvalue weighted by Crippen LogP contribution is 1.64. The van der Waals surface area contributed by atoms with Gasteiger partial charge in [-0.05, 0) is 6.42 Å². The SMILES string of the molecule is [CH2]CCNNCC(=O)O. The maximum absolute atomic E-state index is 9.84. The summed E-state index contributed by atoms with van der Waals surface area (Å²) in [5.74, 6) is -0.869. The largest absolute Gasteiger partial charge is 0.480 e. The molecule has 4 nitrogen and oxygen atoms in total. The maximum atomic E-state index is 9.84. The number of aliphatic carboxylic acids is 1. The van der Waals surface area contributed by atoms with Crippen LogP contribution in [-0.4, -0.2) is 24.2 Å². The van der Waals surface area contributed by atoms with Crippen LogP contribution in [0.2, 0.25) is 0 Å². The topological polar surface area (TPSA) is 61.4 Å². The zero-order valence-corrected chi connectivity index (χ0v) is 5.18. The van der Waals surface area contributed by atoms with Crippen LogP contribution >= 0.6 is 0 Å². The van der Waals surface area contributed by atoms with Crippen LogP contribution in [0.5, 0.6) is 0 Å². The molecule has 0 rings (SSSR count). The lowest BCUT2D eigenvalue weighted by molar-refractivity contribution is -0.136. The molecule has 0 saturated carbocycles. The van der Waals surface area contributed by atoms with Gasteiger partial charge in [0.2, 0.25) is 0 Å². The molecule has 0 aliphatic heterocycles. The lowest BCUT2D eigenvalue weighted by atomic mass is 10.5. The van der Waals surface area contributed by atoms with Gasteiger partial charge in [-0.2, -0.15) is 0 Å². The zero-order valence-electron chi connectivity index (χ0n) is 5.18. The van der Waals surface area contributed by atoms with Gasteiger partial charge in [-0.15, -0.1) is 0 Å². The van der Waals surface area contributed by atoms with E-state index in [1.54, 1.807) is 0 Å². The van der Waals surface area contributed by atoms with Crippen LogP contribution in [0.3, 0.4) is 0 Å². The van der Waals surface area contributed by atoms with E-state index >= 15 is 0 Å². The van der Waals surface area contributed by atoms with E-state index < -0.39 is 5.97 Å². The first-order valence-corrected chi connectivity index (χ1v) is 2.74. The third-order valence-electron chi connectivity index (χ3n) is 0.666. The number of hydrazine groups is 1. The van der Waals surface area contributed by atoms with E-state index in [0.29, 0.717) is 6.54 Å². The molecule has 0 saturated heterocycles. The number of nitrogens with one attached hydrogen (secondary N) is 2. The number of rotatable bonds is 5. The van der Waals surface area contributed by atoms with Crippen molar-refractivity contribution in [2.24, 2.45) is 0 Å². The molecule has 0 amide bonds. The smallest absolute Gasteiger partial charge is 0.318 e. The minimum absolute atomic E-state index is 0.0556. The fourth-order valence-electron chi connectivity index (χ4n) is 0.315. The van der Waals surface area contributed by atoms with Gasteiger partial charge in [0.25, 0.3) is 0 Å². The first-order chi connectivity index (χ1) is 4.27. The fourth-order valence-corrected chi connectivity index (χ4v) is 0.315. The van der Waals surface area contributed by atoms with E-state index in [1.165, 1.54) is 0 Å². The highest BCUT2D eigenvalue weighted by atomic mass is 16.4. The molecule has 0 aromatic heterocycles. The Morgan fingerprint density at radius 3 is 2.67 bits per heavy atom. The Hall–Kier alpha value is -0.610. The van der Waals surface area contributed by atoms with Crippen molar-refractivity contribution in [3.63, 3.8) is 0 Å². The summed E-state index contributed by atoms with van der Waals surface area (Å²) in [5, 5.41) is 8.09. The molecule has 53 valence electrons. The van der Waals surface area contributed by atoms with Crippen LogP contribution in [0.4, 0.5) is 0 Å². The Bertz CT molecular complexity index is 85.0. The molecule has 9 heavy (non-hydrogen) atoms. The van der Waals surface area contributed by atoms with E-state index in [9.17, 15) is 4.79 Å². The molecule has 4 heteroatoms. The quantitative estimate of drug-likeness (QED) is 0.344. The fraction of sp³-hybridized carbons (Fsp3) is 0.600. The van der Waals surface area contributed by atoms with Gasteiger partial charge in [0.15, 0.2) is 0 Å². The molecule has 0 fully saturated rings. The van der Waals surface area contributed by atoms with E-state index in [-0.39, 0.29) is 6.54 Å². The van der Waals surface area contributed by atoms with Gasteiger partial charge in [-0.3, -0.25) is 10.2 Å². The molecule has 0 unspecified atom stereocenters. The van der Waals surface area contributed by atoms with Gasteiger partial charge in [0.1, 0.15) is 6.54 Å². The first-order valence-electron chi connectivity index (χ1n) is 2.74. The van der Waals surface area contributed by atoms with E-state index in [4.69, 9.17) is 5.11 Å². The highest BCUT2D eigenvalue weighted by Gasteiger charge is 1.91. The Kier molecular flexibility index (Phi) is 5.15. The molecular formula is C5H11N2O2. The number of hydrogen-bond donors (Lipinski definition) is 3. The average molecular weight is 131 g/mol. The molecule has 3 N–H and O–H groups in total. The summed E-state index contributed by atoms with van der Waals surface area (Å²) in [6.45, 7) is 4.18. The van der Waals surface area contributed by atoms with Gasteiger partial charge in [0.05, 0.1) is 0 Å². The number of carbonyl (C=O) groups is 1. The molecule has 0 spiro atoms. The predicted molar refractivity (Wildman–Crippen MR) is 33.6 cm³/mol. The maximum Gasteiger partial charge on any atom is 0.318 e. The molecule has 0 atom stereocenters. The monoisotopic (exact) mass is 131 g/mol. The van der Waals surface area contributed by atoms with E-state index in [2.05, 4.69) is 17.8 Å². The van der Waals surface area contributed by atoms with Crippen molar-refractivity contribution in [2.45, 2.75) is 6.42 Å². The van der Waals surface area contributed by atoms with Crippen molar-refractivity contribution in [3.8, 4) is 0 Å². The summed E-state index contributed by atoms with van der Waals surface area (Å²) in [6, 6.07) is 0. The van der Waals surface area contributed by atoms with Crippen LogP contribution in [0, 0.1) is 6.92 Å². The Balaban J connectivity index is 2.83. The molecule has 0 aliphatic rings. The summed E-state index contributed by atoms with van der Waals surface area (Å²) >= 11 is 0.